The molecule has 4 heteroatoms. The molecule has 0 unspecified atom stereocenters. The highest BCUT2D eigenvalue weighted by molar-refractivity contribution is 9.10. The first-order chi connectivity index (χ1) is 8.16. The van der Waals surface area contributed by atoms with Crippen molar-refractivity contribution in [1.82, 2.24) is 10.2 Å². The second-order valence-electron chi connectivity index (χ2n) is 4.64. The highest BCUT2D eigenvalue weighted by atomic mass is 79.9. The van der Waals surface area contributed by atoms with Crippen molar-refractivity contribution < 1.29 is 4.39 Å². The zero-order valence-electron chi connectivity index (χ0n) is 10.0. The van der Waals surface area contributed by atoms with Crippen molar-refractivity contribution in [1.29, 1.82) is 0 Å². The molecule has 2 rings (SSSR count). The van der Waals surface area contributed by atoms with Crippen LogP contribution in [0.1, 0.15) is 18.4 Å². The van der Waals surface area contributed by atoms with Crippen molar-refractivity contribution in [3.8, 4) is 0 Å². The molecule has 0 spiro atoms. The van der Waals surface area contributed by atoms with Crippen LogP contribution in [0.25, 0.3) is 0 Å². The predicted octanol–water partition coefficient (Wildman–Crippen LogP) is 2.77. The van der Waals surface area contributed by atoms with Crippen LogP contribution in [0, 0.1) is 5.82 Å². The lowest BCUT2D eigenvalue weighted by Gasteiger charge is -2.31. The van der Waals surface area contributed by atoms with Gasteiger partial charge in [-0.15, -0.1) is 0 Å². The Balaban J connectivity index is 1.96. The molecule has 94 valence electrons. The molecule has 1 aliphatic heterocycles. The number of halogens is 2. The molecular formula is C13H18BrFN2. The molecule has 1 saturated heterocycles. The molecule has 1 N–H and O–H groups in total. The number of rotatable bonds is 3. The van der Waals surface area contributed by atoms with Gasteiger partial charge in [-0.1, -0.05) is 6.07 Å². The maximum Gasteiger partial charge on any atom is 0.137 e. The smallest absolute Gasteiger partial charge is 0.137 e. The summed E-state index contributed by atoms with van der Waals surface area (Å²) in [7, 11) is 2.15. The molecule has 1 aliphatic rings. The van der Waals surface area contributed by atoms with Crippen molar-refractivity contribution in [2.24, 2.45) is 0 Å². The van der Waals surface area contributed by atoms with E-state index in [0.717, 1.165) is 25.2 Å². The van der Waals surface area contributed by atoms with Crippen LogP contribution >= 0.6 is 15.9 Å². The zero-order valence-corrected chi connectivity index (χ0v) is 11.6. The minimum Gasteiger partial charge on any atom is -0.317 e. The number of nitrogens with one attached hydrogen (secondary N) is 1. The maximum atomic E-state index is 13.1. The summed E-state index contributed by atoms with van der Waals surface area (Å²) < 4.78 is 13.7. The van der Waals surface area contributed by atoms with E-state index in [1.807, 2.05) is 12.1 Å². The lowest BCUT2D eigenvalue weighted by Crippen LogP contribution is -2.40. The molecule has 1 heterocycles. The van der Waals surface area contributed by atoms with Gasteiger partial charge in [0.25, 0.3) is 0 Å². The van der Waals surface area contributed by atoms with E-state index in [2.05, 4.69) is 33.2 Å². The molecule has 0 saturated carbocycles. The second kappa shape index (κ2) is 5.94. The van der Waals surface area contributed by atoms with E-state index in [1.54, 1.807) is 0 Å². The summed E-state index contributed by atoms with van der Waals surface area (Å²) in [5.41, 5.74) is 1.15. The standard InChI is InChI=1S/C13H18BrFN2/c1-17(11-4-6-16-7-5-11)9-10-2-3-13(15)12(14)8-10/h2-3,8,11,16H,4-7,9H2,1H3. The molecular weight excluding hydrogens is 283 g/mol. The van der Waals surface area contributed by atoms with Gasteiger partial charge < -0.3 is 5.32 Å². The third kappa shape index (κ3) is 3.50. The largest absolute Gasteiger partial charge is 0.317 e. The lowest BCUT2D eigenvalue weighted by atomic mass is 10.0. The number of benzene rings is 1. The first kappa shape index (κ1) is 13.0. The van der Waals surface area contributed by atoms with Gasteiger partial charge in [0.1, 0.15) is 5.82 Å². The van der Waals surface area contributed by atoms with Gasteiger partial charge in [0, 0.05) is 12.6 Å². The highest BCUT2D eigenvalue weighted by Crippen LogP contribution is 2.19. The van der Waals surface area contributed by atoms with Crippen LogP contribution in [-0.4, -0.2) is 31.1 Å². The SMILES string of the molecule is CN(Cc1ccc(F)c(Br)c1)C1CCNCC1. The van der Waals surface area contributed by atoms with Gasteiger partial charge in [-0.3, -0.25) is 4.90 Å². The molecule has 1 aromatic carbocycles. The summed E-state index contributed by atoms with van der Waals surface area (Å²) >= 11 is 3.23. The Hall–Kier alpha value is -0.450. The third-order valence-electron chi connectivity index (χ3n) is 3.35. The quantitative estimate of drug-likeness (QED) is 0.923. The summed E-state index contributed by atoms with van der Waals surface area (Å²) in [5.74, 6) is -0.196. The van der Waals surface area contributed by atoms with Crippen molar-refractivity contribution in [3.63, 3.8) is 0 Å². The normalized spacial score (nSPS) is 17.6. The predicted molar refractivity (Wildman–Crippen MR) is 71.5 cm³/mol. The summed E-state index contributed by atoms with van der Waals surface area (Å²) in [6, 6.07) is 5.89. The minimum absolute atomic E-state index is 0.196. The number of piperidine rings is 1. The van der Waals surface area contributed by atoms with E-state index < -0.39 is 0 Å². The Bertz CT molecular complexity index is 378. The van der Waals surface area contributed by atoms with Crippen molar-refractivity contribution in [3.05, 3.63) is 34.1 Å². The number of nitrogens with zero attached hydrogens (tertiary/aromatic N) is 1. The van der Waals surface area contributed by atoms with Crippen molar-refractivity contribution in [2.75, 3.05) is 20.1 Å². The first-order valence-electron chi connectivity index (χ1n) is 6.01. The molecule has 2 nitrogen and oxygen atoms in total. The highest BCUT2D eigenvalue weighted by Gasteiger charge is 2.17. The van der Waals surface area contributed by atoms with E-state index in [1.165, 1.54) is 18.9 Å². The Kier molecular flexibility index (Phi) is 4.54. The number of hydrogen-bond donors (Lipinski definition) is 1. The third-order valence-corrected chi connectivity index (χ3v) is 3.96. The molecule has 0 radical (unpaired) electrons. The van der Waals surface area contributed by atoms with Crippen LogP contribution in [0.3, 0.4) is 0 Å². The van der Waals surface area contributed by atoms with E-state index in [-0.39, 0.29) is 5.82 Å². The second-order valence-corrected chi connectivity index (χ2v) is 5.50. The van der Waals surface area contributed by atoms with E-state index in [4.69, 9.17) is 0 Å². The average molecular weight is 301 g/mol. The van der Waals surface area contributed by atoms with Crippen molar-refractivity contribution in [2.45, 2.75) is 25.4 Å². The fourth-order valence-electron chi connectivity index (χ4n) is 2.30. The van der Waals surface area contributed by atoms with E-state index in [0.29, 0.717) is 10.5 Å². The summed E-state index contributed by atoms with van der Waals surface area (Å²) in [5, 5.41) is 3.37. The molecule has 0 bridgehead atoms. The van der Waals surface area contributed by atoms with Crippen LogP contribution < -0.4 is 5.32 Å². The van der Waals surface area contributed by atoms with Crippen molar-refractivity contribution >= 4 is 15.9 Å². The van der Waals surface area contributed by atoms with Gasteiger partial charge in [0.15, 0.2) is 0 Å². The van der Waals surface area contributed by atoms with Gasteiger partial charge in [-0.05, 0) is 66.6 Å². The van der Waals surface area contributed by atoms with Gasteiger partial charge in [-0.25, -0.2) is 4.39 Å². The summed E-state index contributed by atoms with van der Waals surface area (Å²) in [4.78, 5) is 2.36. The Morgan fingerprint density at radius 1 is 1.41 bits per heavy atom. The van der Waals surface area contributed by atoms with E-state index in [9.17, 15) is 4.39 Å². The average Bonchev–Trinajstić information content (AvgIpc) is 2.35. The van der Waals surface area contributed by atoms with Crippen LogP contribution in [-0.2, 0) is 6.54 Å². The van der Waals surface area contributed by atoms with Crippen LogP contribution in [0.15, 0.2) is 22.7 Å². The molecule has 0 aliphatic carbocycles. The fraction of sp³-hybridized carbons (Fsp3) is 0.538. The van der Waals surface area contributed by atoms with E-state index >= 15 is 0 Å². The van der Waals surface area contributed by atoms with Gasteiger partial charge in [-0.2, -0.15) is 0 Å². The zero-order chi connectivity index (χ0) is 12.3. The molecule has 0 atom stereocenters. The van der Waals surface area contributed by atoms with Gasteiger partial charge in [0.05, 0.1) is 4.47 Å². The minimum atomic E-state index is -0.196. The van der Waals surface area contributed by atoms with Crippen LogP contribution in [0.2, 0.25) is 0 Å². The fourth-order valence-corrected chi connectivity index (χ4v) is 2.73. The Morgan fingerprint density at radius 3 is 2.76 bits per heavy atom. The lowest BCUT2D eigenvalue weighted by molar-refractivity contribution is 0.191. The maximum absolute atomic E-state index is 13.1. The topological polar surface area (TPSA) is 15.3 Å². The molecule has 0 amide bonds. The Labute approximate surface area is 110 Å². The summed E-state index contributed by atoms with van der Waals surface area (Å²) in [6.45, 7) is 3.08. The Morgan fingerprint density at radius 2 is 2.12 bits per heavy atom. The van der Waals surface area contributed by atoms with Gasteiger partial charge in [0.2, 0.25) is 0 Å². The molecule has 0 aromatic heterocycles. The monoisotopic (exact) mass is 300 g/mol. The molecule has 17 heavy (non-hydrogen) atoms. The molecule has 1 fully saturated rings. The number of hydrogen-bond acceptors (Lipinski definition) is 2. The first-order valence-corrected chi connectivity index (χ1v) is 6.81. The molecule has 1 aromatic rings. The summed E-state index contributed by atoms with van der Waals surface area (Å²) in [6.07, 6.45) is 2.39. The van der Waals surface area contributed by atoms with Gasteiger partial charge >= 0.3 is 0 Å². The van der Waals surface area contributed by atoms with Crippen LogP contribution in [0.4, 0.5) is 4.39 Å². The van der Waals surface area contributed by atoms with Crippen LogP contribution in [0.5, 0.6) is 0 Å².